The van der Waals surface area contributed by atoms with Crippen LogP contribution in [-0.2, 0) is 10.5 Å². The van der Waals surface area contributed by atoms with Gasteiger partial charge in [0.25, 0.3) is 0 Å². The van der Waals surface area contributed by atoms with Gasteiger partial charge < -0.3 is 0 Å². The van der Waals surface area contributed by atoms with E-state index in [9.17, 15) is 12.8 Å². The second kappa shape index (κ2) is 5.10. The third-order valence-corrected chi connectivity index (χ3v) is 2.92. The fourth-order valence-electron chi connectivity index (χ4n) is 1.73. The van der Waals surface area contributed by atoms with Crippen molar-refractivity contribution in [1.29, 1.82) is 0 Å². The van der Waals surface area contributed by atoms with Crippen LogP contribution in [0.2, 0.25) is 0 Å². The zero-order valence-electron chi connectivity index (χ0n) is 9.59. The van der Waals surface area contributed by atoms with Crippen LogP contribution in [0.15, 0.2) is 46.8 Å². The molecule has 0 heterocycles. The van der Waals surface area contributed by atoms with Crippen LogP contribution in [0.25, 0.3) is 11.1 Å². The number of rotatable bonds is 2. The zero-order chi connectivity index (χ0) is 13.1. The molecule has 0 aliphatic heterocycles. The molecule has 0 saturated heterocycles. The Morgan fingerprint density at radius 1 is 1.11 bits per heavy atom. The molecule has 0 saturated carbocycles. The third-order valence-electron chi connectivity index (χ3n) is 2.58. The van der Waals surface area contributed by atoms with Crippen molar-refractivity contribution in [2.75, 3.05) is 0 Å². The Hall–Kier alpha value is -2.01. The van der Waals surface area contributed by atoms with Gasteiger partial charge in [0, 0.05) is 0 Å². The average Bonchev–Trinajstić information content (AvgIpc) is 2.32. The van der Waals surface area contributed by atoms with Gasteiger partial charge in [-0.25, -0.2) is 4.39 Å². The zero-order valence-corrected chi connectivity index (χ0v) is 10.4. The second-order valence-electron chi connectivity index (χ2n) is 3.79. The van der Waals surface area contributed by atoms with Crippen molar-refractivity contribution in [2.45, 2.75) is 6.92 Å². The van der Waals surface area contributed by atoms with E-state index in [1.807, 2.05) is 31.2 Å². The molecule has 0 aromatic heterocycles. The van der Waals surface area contributed by atoms with Crippen LogP contribution >= 0.6 is 0 Å². The van der Waals surface area contributed by atoms with Gasteiger partial charge in [-0.05, 0) is 35.7 Å². The summed E-state index contributed by atoms with van der Waals surface area (Å²) >= 11 is 0. The van der Waals surface area contributed by atoms with E-state index < -0.39 is 16.3 Å². The van der Waals surface area contributed by atoms with Gasteiger partial charge in [0.2, 0.25) is 0 Å². The molecular weight excluding hydrogens is 253 g/mol. The molecule has 2 aromatic rings. The highest BCUT2D eigenvalue weighted by Gasteiger charge is 2.06. The van der Waals surface area contributed by atoms with Gasteiger partial charge in [0.05, 0.1) is 0 Å². The molecule has 0 bridgehead atoms. The number of hydrogen-bond acceptors (Lipinski definition) is 3. The summed E-state index contributed by atoms with van der Waals surface area (Å²) in [5.74, 6) is -0.653. The van der Waals surface area contributed by atoms with Crippen LogP contribution in [-0.4, -0.2) is 8.42 Å². The van der Waals surface area contributed by atoms with E-state index in [0.717, 1.165) is 11.1 Å². The van der Waals surface area contributed by atoms with Crippen LogP contribution in [0.5, 0.6) is 0 Å². The fourth-order valence-corrected chi connectivity index (χ4v) is 2.03. The molecule has 0 radical (unpaired) electrons. The molecule has 5 heteroatoms. The van der Waals surface area contributed by atoms with Gasteiger partial charge >= 0.3 is 10.5 Å². The summed E-state index contributed by atoms with van der Waals surface area (Å²) < 4.78 is 37.6. The quantitative estimate of drug-likeness (QED) is 0.832. The Labute approximate surface area is 106 Å². The summed E-state index contributed by atoms with van der Waals surface area (Å²) in [5, 5.41) is 0. The predicted molar refractivity (Wildman–Crippen MR) is 67.6 cm³/mol. The molecule has 0 aliphatic carbocycles. The Morgan fingerprint density at radius 3 is 2.44 bits per heavy atom. The van der Waals surface area contributed by atoms with Crippen molar-refractivity contribution < 1.29 is 12.8 Å². The molecular formula is C13H10FNO2S. The number of hydrogen-bond donors (Lipinski definition) is 0. The highest BCUT2D eigenvalue weighted by molar-refractivity contribution is 7.61. The highest BCUT2D eigenvalue weighted by Crippen LogP contribution is 2.27. The van der Waals surface area contributed by atoms with Crippen molar-refractivity contribution in [3.63, 3.8) is 0 Å². The summed E-state index contributed by atoms with van der Waals surface area (Å²) in [6.45, 7) is 1.93. The monoisotopic (exact) mass is 263 g/mol. The topological polar surface area (TPSA) is 46.5 Å². The largest absolute Gasteiger partial charge is 0.316 e. The van der Waals surface area contributed by atoms with Crippen molar-refractivity contribution in [3.05, 3.63) is 53.8 Å². The first-order valence-electron chi connectivity index (χ1n) is 5.24. The molecule has 0 aliphatic rings. The van der Waals surface area contributed by atoms with Gasteiger partial charge in [-0.15, -0.1) is 4.36 Å². The first-order valence-corrected chi connectivity index (χ1v) is 6.28. The minimum Gasteiger partial charge on any atom is -0.205 e. The molecule has 0 N–H and O–H groups in total. The van der Waals surface area contributed by atoms with Crippen molar-refractivity contribution in [2.24, 2.45) is 4.36 Å². The molecule has 2 aromatic carbocycles. The minimum absolute atomic E-state index is 0.180. The van der Waals surface area contributed by atoms with E-state index >= 15 is 0 Å². The van der Waals surface area contributed by atoms with Crippen molar-refractivity contribution in [3.8, 4) is 11.1 Å². The summed E-state index contributed by atoms with van der Waals surface area (Å²) in [6, 6.07) is 11.9. The van der Waals surface area contributed by atoms with Crippen LogP contribution in [0, 0.1) is 12.7 Å². The van der Waals surface area contributed by atoms with E-state index in [0.29, 0.717) is 5.56 Å². The first kappa shape index (κ1) is 12.4. The maximum atomic E-state index is 13.7. The maximum absolute atomic E-state index is 13.7. The van der Waals surface area contributed by atoms with Gasteiger partial charge in [-0.1, -0.05) is 30.3 Å². The number of halogens is 1. The molecule has 0 unspecified atom stereocenters. The molecule has 0 fully saturated rings. The minimum atomic E-state index is -2.65. The van der Waals surface area contributed by atoms with E-state index in [4.69, 9.17) is 0 Å². The molecule has 0 spiro atoms. The van der Waals surface area contributed by atoms with E-state index in [1.54, 1.807) is 6.07 Å². The van der Waals surface area contributed by atoms with E-state index in [2.05, 4.69) is 4.36 Å². The van der Waals surface area contributed by atoms with Crippen LogP contribution in [0.4, 0.5) is 10.1 Å². The molecule has 92 valence electrons. The Morgan fingerprint density at radius 2 is 1.83 bits per heavy atom. The molecule has 0 atom stereocenters. The molecule has 2 rings (SSSR count). The Kier molecular flexibility index (Phi) is 3.53. The SMILES string of the molecule is Cc1ccccc1-c1ccc(N=S(=O)=O)c(F)c1. The summed E-state index contributed by atoms with van der Waals surface area (Å²) in [5.41, 5.74) is 2.45. The summed E-state index contributed by atoms with van der Waals surface area (Å²) in [7, 11) is -2.65. The standard InChI is InChI=1S/C13H10FNO2S/c1-9-4-2-3-5-11(9)10-6-7-13(12(14)8-10)15-18(16)17/h2-8H,1H3. The van der Waals surface area contributed by atoms with Crippen LogP contribution in [0.1, 0.15) is 5.56 Å². The van der Waals surface area contributed by atoms with Crippen molar-refractivity contribution in [1.82, 2.24) is 0 Å². The van der Waals surface area contributed by atoms with Crippen LogP contribution in [0.3, 0.4) is 0 Å². The number of nitrogens with zero attached hydrogens (tertiary/aromatic N) is 1. The lowest BCUT2D eigenvalue weighted by Gasteiger charge is -2.06. The number of aryl methyl sites for hydroxylation is 1. The molecule has 18 heavy (non-hydrogen) atoms. The average molecular weight is 263 g/mol. The van der Waals surface area contributed by atoms with E-state index in [-0.39, 0.29) is 5.69 Å². The van der Waals surface area contributed by atoms with Crippen LogP contribution < -0.4 is 0 Å². The van der Waals surface area contributed by atoms with E-state index in [1.165, 1.54) is 12.1 Å². The lowest BCUT2D eigenvalue weighted by atomic mass is 10.0. The van der Waals surface area contributed by atoms with Gasteiger partial charge in [-0.3, -0.25) is 0 Å². The Balaban J connectivity index is 2.54. The fraction of sp³-hybridized carbons (Fsp3) is 0.0769. The lowest BCUT2D eigenvalue weighted by Crippen LogP contribution is -1.84. The number of benzene rings is 2. The first-order chi connectivity index (χ1) is 8.58. The summed E-state index contributed by atoms with van der Waals surface area (Å²) in [6.07, 6.45) is 0. The van der Waals surface area contributed by atoms with Gasteiger partial charge in [0.1, 0.15) is 5.69 Å². The summed E-state index contributed by atoms with van der Waals surface area (Å²) in [4.78, 5) is 0. The normalized spacial score (nSPS) is 10.1. The Bertz CT molecular complexity index is 716. The van der Waals surface area contributed by atoms with Crippen molar-refractivity contribution >= 4 is 16.2 Å². The third kappa shape index (κ3) is 2.62. The maximum Gasteiger partial charge on any atom is 0.316 e. The smallest absolute Gasteiger partial charge is 0.205 e. The molecule has 0 amide bonds. The molecule has 3 nitrogen and oxygen atoms in total. The van der Waals surface area contributed by atoms with Gasteiger partial charge in [0.15, 0.2) is 5.82 Å². The predicted octanol–water partition coefficient (Wildman–Crippen LogP) is 3.50. The lowest BCUT2D eigenvalue weighted by molar-refractivity contribution is 0.617. The van der Waals surface area contributed by atoms with Gasteiger partial charge in [-0.2, -0.15) is 8.42 Å². The highest BCUT2D eigenvalue weighted by atomic mass is 32.2. The second-order valence-corrected chi connectivity index (χ2v) is 4.41.